The average Bonchev–Trinajstić information content (AvgIpc) is 3.16. The third-order valence-corrected chi connectivity index (χ3v) is 4.28. The minimum absolute atomic E-state index is 0.358. The maximum atomic E-state index is 9.13. The number of hydrogen-bond donors (Lipinski definition) is 1. The lowest BCUT2D eigenvalue weighted by Crippen LogP contribution is -2.38. The molecule has 21 heavy (non-hydrogen) atoms. The first-order valence-corrected chi connectivity index (χ1v) is 7.62. The number of nitriles is 1. The van der Waals surface area contributed by atoms with Crippen LogP contribution in [0.25, 0.3) is 10.9 Å². The van der Waals surface area contributed by atoms with Gasteiger partial charge in [0, 0.05) is 42.8 Å². The Kier molecular flexibility index (Phi) is 4.23. The third-order valence-electron chi connectivity index (χ3n) is 4.28. The molecule has 0 aliphatic carbocycles. The second kappa shape index (κ2) is 6.30. The van der Waals surface area contributed by atoms with Crippen molar-refractivity contribution in [1.29, 1.82) is 5.26 Å². The maximum Gasteiger partial charge on any atom is 0.0998 e. The molecule has 1 saturated heterocycles. The van der Waals surface area contributed by atoms with Gasteiger partial charge in [0.25, 0.3) is 0 Å². The summed E-state index contributed by atoms with van der Waals surface area (Å²) in [5.41, 5.74) is 1.87. The quantitative estimate of drug-likeness (QED) is 0.918. The topological polar surface area (TPSA) is 50.0 Å². The van der Waals surface area contributed by atoms with Crippen LogP contribution in [-0.2, 0) is 11.3 Å². The average molecular weight is 283 g/mol. The van der Waals surface area contributed by atoms with Gasteiger partial charge in [-0.05, 0) is 38.0 Å². The highest BCUT2D eigenvalue weighted by molar-refractivity contribution is 5.85. The van der Waals surface area contributed by atoms with Crippen molar-refractivity contribution in [2.75, 3.05) is 13.2 Å². The van der Waals surface area contributed by atoms with E-state index in [2.05, 4.69) is 35.1 Å². The SMILES string of the molecule is CC(NCCn1ccc2c(C#N)cccc21)C1CCCO1. The van der Waals surface area contributed by atoms with Gasteiger partial charge in [-0.1, -0.05) is 6.07 Å². The lowest BCUT2D eigenvalue weighted by Gasteiger charge is -2.20. The zero-order chi connectivity index (χ0) is 14.7. The van der Waals surface area contributed by atoms with E-state index < -0.39 is 0 Å². The molecule has 0 radical (unpaired) electrons. The van der Waals surface area contributed by atoms with Gasteiger partial charge in [-0.25, -0.2) is 0 Å². The van der Waals surface area contributed by atoms with Gasteiger partial charge >= 0.3 is 0 Å². The van der Waals surface area contributed by atoms with Crippen molar-refractivity contribution in [2.24, 2.45) is 0 Å². The molecule has 2 heterocycles. The maximum absolute atomic E-state index is 9.13. The molecule has 2 unspecified atom stereocenters. The molecule has 0 amide bonds. The molecular weight excluding hydrogens is 262 g/mol. The fourth-order valence-electron chi connectivity index (χ4n) is 3.06. The van der Waals surface area contributed by atoms with E-state index in [1.54, 1.807) is 0 Å². The standard InChI is InChI=1S/C17H21N3O/c1-13(17-6-3-11-21-17)19-8-10-20-9-7-15-14(12-18)4-2-5-16(15)20/h2,4-5,7,9,13,17,19H,3,6,8,10-11H2,1H3. The molecule has 1 N–H and O–H groups in total. The number of ether oxygens (including phenoxy) is 1. The molecule has 1 aliphatic rings. The molecule has 2 atom stereocenters. The first kappa shape index (κ1) is 14.1. The molecule has 4 heteroatoms. The van der Waals surface area contributed by atoms with Crippen LogP contribution in [0.1, 0.15) is 25.3 Å². The summed E-state index contributed by atoms with van der Waals surface area (Å²) < 4.78 is 7.90. The molecule has 0 bridgehead atoms. The monoisotopic (exact) mass is 283 g/mol. The second-order valence-electron chi connectivity index (χ2n) is 5.65. The molecule has 1 aromatic carbocycles. The summed E-state index contributed by atoms with van der Waals surface area (Å²) in [6.07, 6.45) is 4.75. The van der Waals surface area contributed by atoms with E-state index in [4.69, 9.17) is 10.00 Å². The highest BCUT2D eigenvalue weighted by Gasteiger charge is 2.21. The largest absolute Gasteiger partial charge is 0.377 e. The second-order valence-corrected chi connectivity index (χ2v) is 5.65. The molecule has 4 nitrogen and oxygen atoms in total. The van der Waals surface area contributed by atoms with E-state index in [9.17, 15) is 0 Å². The minimum atomic E-state index is 0.358. The Balaban J connectivity index is 1.62. The van der Waals surface area contributed by atoms with E-state index in [0.29, 0.717) is 12.1 Å². The van der Waals surface area contributed by atoms with Gasteiger partial charge in [0.05, 0.1) is 17.7 Å². The molecule has 1 aromatic heterocycles. The van der Waals surface area contributed by atoms with E-state index in [0.717, 1.165) is 42.6 Å². The summed E-state index contributed by atoms with van der Waals surface area (Å²) >= 11 is 0. The Morgan fingerprint density at radius 3 is 3.14 bits per heavy atom. The number of rotatable bonds is 5. The summed E-state index contributed by atoms with van der Waals surface area (Å²) in [5, 5.41) is 13.7. The van der Waals surface area contributed by atoms with E-state index >= 15 is 0 Å². The summed E-state index contributed by atoms with van der Waals surface area (Å²) in [5.74, 6) is 0. The number of hydrogen-bond acceptors (Lipinski definition) is 3. The van der Waals surface area contributed by atoms with Crippen LogP contribution in [0.2, 0.25) is 0 Å². The highest BCUT2D eigenvalue weighted by Crippen LogP contribution is 2.19. The van der Waals surface area contributed by atoms with Crippen molar-refractivity contribution in [3.05, 3.63) is 36.0 Å². The van der Waals surface area contributed by atoms with Crippen molar-refractivity contribution in [3.63, 3.8) is 0 Å². The number of nitrogens with zero attached hydrogens (tertiary/aromatic N) is 2. The van der Waals surface area contributed by atoms with Gasteiger partial charge in [0.2, 0.25) is 0 Å². The zero-order valence-corrected chi connectivity index (χ0v) is 12.4. The molecule has 110 valence electrons. The van der Waals surface area contributed by atoms with Crippen LogP contribution in [0, 0.1) is 11.3 Å². The number of nitrogens with one attached hydrogen (secondary N) is 1. The van der Waals surface area contributed by atoms with Gasteiger partial charge in [0.15, 0.2) is 0 Å². The first-order chi connectivity index (χ1) is 10.3. The highest BCUT2D eigenvalue weighted by atomic mass is 16.5. The molecule has 3 rings (SSSR count). The van der Waals surface area contributed by atoms with E-state index in [1.807, 2.05) is 18.2 Å². The Labute approximate surface area is 125 Å². The predicted octanol–water partition coefficient (Wildman–Crippen LogP) is 2.67. The van der Waals surface area contributed by atoms with Gasteiger partial charge in [-0.3, -0.25) is 0 Å². The lowest BCUT2D eigenvalue weighted by molar-refractivity contribution is 0.0835. The molecule has 0 saturated carbocycles. The Morgan fingerprint density at radius 2 is 2.38 bits per heavy atom. The smallest absolute Gasteiger partial charge is 0.0998 e. The molecule has 2 aromatic rings. The third kappa shape index (κ3) is 2.94. The van der Waals surface area contributed by atoms with Gasteiger partial charge in [-0.2, -0.15) is 5.26 Å². The molecule has 1 aliphatic heterocycles. The van der Waals surface area contributed by atoms with Crippen LogP contribution in [0.3, 0.4) is 0 Å². The van der Waals surface area contributed by atoms with E-state index in [-0.39, 0.29) is 0 Å². The number of aromatic nitrogens is 1. The van der Waals surface area contributed by atoms with Crippen molar-refractivity contribution in [3.8, 4) is 6.07 Å². The first-order valence-electron chi connectivity index (χ1n) is 7.62. The lowest BCUT2D eigenvalue weighted by atomic mass is 10.1. The molecular formula is C17H21N3O. The number of fused-ring (bicyclic) bond motifs is 1. The van der Waals surface area contributed by atoms with Crippen LogP contribution in [0.5, 0.6) is 0 Å². The number of benzene rings is 1. The fraction of sp³-hybridized carbons (Fsp3) is 0.471. The minimum Gasteiger partial charge on any atom is -0.377 e. The Hall–Kier alpha value is -1.83. The zero-order valence-electron chi connectivity index (χ0n) is 12.4. The summed E-state index contributed by atoms with van der Waals surface area (Å²) in [7, 11) is 0. The van der Waals surface area contributed by atoms with Crippen molar-refractivity contribution >= 4 is 10.9 Å². The predicted molar refractivity (Wildman–Crippen MR) is 83.1 cm³/mol. The van der Waals surface area contributed by atoms with Crippen LogP contribution >= 0.6 is 0 Å². The van der Waals surface area contributed by atoms with E-state index in [1.165, 1.54) is 6.42 Å². The van der Waals surface area contributed by atoms with Gasteiger partial charge < -0.3 is 14.6 Å². The normalized spacial score (nSPS) is 19.7. The fourth-order valence-corrected chi connectivity index (χ4v) is 3.06. The van der Waals surface area contributed by atoms with Crippen molar-refractivity contribution in [1.82, 2.24) is 9.88 Å². The van der Waals surface area contributed by atoms with Crippen LogP contribution in [0.15, 0.2) is 30.5 Å². The Morgan fingerprint density at radius 1 is 1.48 bits per heavy atom. The van der Waals surface area contributed by atoms with Crippen molar-refractivity contribution < 1.29 is 4.74 Å². The van der Waals surface area contributed by atoms with Gasteiger partial charge in [-0.15, -0.1) is 0 Å². The Bertz CT molecular complexity index is 650. The van der Waals surface area contributed by atoms with Gasteiger partial charge in [0.1, 0.15) is 0 Å². The van der Waals surface area contributed by atoms with Crippen LogP contribution < -0.4 is 5.32 Å². The summed E-state index contributed by atoms with van der Waals surface area (Å²) in [6.45, 7) is 4.89. The van der Waals surface area contributed by atoms with Crippen LogP contribution in [-0.4, -0.2) is 29.9 Å². The van der Waals surface area contributed by atoms with Crippen LogP contribution in [0.4, 0.5) is 0 Å². The van der Waals surface area contributed by atoms with Crippen molar-refractivity contribution in [2.45, 2.75) is 38.5 Å². The summed E-state index contributed by atoms with van der Waals surface area (Å²) in [4.78, 5) is 0. The molecule has 0 spiro atoms. The molecule has 1 fully saturated rings. The summed E-state index contributed by atoms with van der Waals surface area (Å²) in [6, 6.07) is 10.5.